The van der Waals surface area contributed by atoms with Crippen LogP contribution in [0.2, 0.25) is 0 Å². The summed E-state index contributed by atoms with van der Waals surface area (Å²) in [6, 6.07) is 0. The minimum atomic E-state index is -5.60. The van der Waals surface area contributed by atoms with E-state index in [-0.39, 0.29) is 41.6 Å². The number of phosphoric ester groups is 3. The number of aliphatic hydroxyl groups excluding tert-OH is 3. The van der Waals surface area contributed by atoms with E-state index in [1.165, 1.54) is 13.8 Å². The first kappa shape index (κ1) is 62.3. The zero-order chi connectivity index (χ0) is 53.6. The molecule has 0 aliphatic carbocycles. The average Bonchev–Trinajstić information content (AvgIpc) is 3.82. The largest absolute Gasteiger partial charge is 0.481 e. The third kappa shape index (κ3) is 20.7. The van der Waals surface area contributed by atoms with Gasteiger partial charge in [-0.3, -0.25) is 37.3 Å². The number of carboxylic acid groups (broad SMARTS) is 1. The molecule has 12 N–H and O–H groups in total. The predicted octanol–water partition coefficient (Wildman–Crippen LogP) is 3.06. The molecule has 0 bridgehead atoms. The zero-order valence-electron chi connectivity index (χ0n) is 40.5. The van der Waals surface area contributed by atoms with Crippen molar-refractivity contribution in [2.75, 3.05) is 37.8 Å². The normalized spacial score (nSPS) is 20.5. The van der Waals surface area contributed by atoms with Crippen molar-refractivity contribution in [1.29, 1.82) is 0 Å². The number of rotatable bonds is 33. The van der Waals surface area contributed by atoms with E-state index >= 15 is 0 Å². The number of unbranched alkanes of at least 4 members (excludes halogenated alkanes) is 4. The molecule has 1 aliphatic heterocycles. The summed E-state index contributed by atoms with van der Waals surface area (Å²) in [5.41, 5.74) is 2.88. The zero-order valence-corrected chi connectivity index (χ0v) is 44.0. The molecule has 0 spiro atoms. The third-order valence-electron chi connectivity index (χ3n) is 11.5. The van der Waals surface area contributed by atoms with Gasteiger partial charge in [-0.25, -0.2) is 28.6 Å². The molecular formula is C40H70N7O20P3S. The number of hydrogen-bond donors (Lipinski definition) is 11. The van der Waals surface area contributed by atoms with Crippen molar-refractivity contribution < 1.29 is 95.5 Å². The lowest BCUT2D eigenvalue weighted by Crippen LogP contribution is -2.46. The Hall–Kier alpha value is -3.01. The Morgan fingerprint density at radius 3 is 2.07 bits per heavy atom. The Kier molecular flexibility index (Phi) is 23.7. The Balaban J connectivity index is 1.34. The number of aliphatic hydroxyl groups is 3. The Morgan fingerprint density at radius 2 is 1.46 bits per heavy atom. The minimum absolute atomic E-state index is 0.0226. The first-order valence-electron chi connectivity index (χ1n) is 22.8. The van der Waals surface area contributed by atoms with Crippen LogP contribution in [0.25, 0.3) is 11.2 Å². The first-order chi connectivity index (χ1) is 32.8. The van der Waals surface area contributed by atoms with Gasteiger partial charge < -0.3 is 61.1 Å². The molecule has 71 heavy (non-hydrogen) atoms. The summed E-state index contributed by atoms with van der Waals surface area (Å²) < 4.78 is 62.5. The Labute approximate surface area is 415 Å². The molecule has 4 unspecified atom stereocenters. The second-order valence-corrected chi connectivity index (χ2v) is 24.4. The monoisotopic (exact) mass is 1090 g/mol. The standard InChI is InChI=1S/C40H70N7O20P3S/c1-38(2,36(53)54)16-11-7-9-13-25(48)14-10-8-12-17-39(3,4)37(55)71-20-19-42-27(49)15-18-43-34(52)31(51)40(5,6)22-64-70(61,62)67-69(59,60)63-21-26-30(66-68(56,57)58)29(50)35(65-26)47-24-46-28-32(41)44-23-45-33(28)47/h23-26,29-31,35,48,50-51H,7-22H2,1-6H3,(H,42,49)(H,43,52)(H,53,54)(H,59,60)(H,61,62)(H2,41,44,45)(H2,56,57,58)/t25?,26-,29-,30-,31?,35-/m1/s1. The summed E-state index contributed by atoms with van der Waals surface area (Å²) in [6.45, 7) is 7.52. The number of carbonyl (C=O) groups is 4. The third-order valence-corrected chi connectivity index (χ3v) is 15.9. The van der Waals surface area contributed by atoms with Gasteiger partial charge in [-0.1, -0.05) is 78.0 Å². The molecule has 8 atom stereocenters. The fourth-order valence-electron chi connectivity index (χ4n) is 7.07. The Morgan fingerprint density at radius 1 is 0.859 bits per heavy atom. The van der Waals surface area contributed by atoms with Crippen molar-refractivity contribution in [3.63, 3.8) is 0 Å². The van der Waals surface area contributed by atoms with E-state index in [9.17, 15) is 72.9 Å². The molecular weight excluding hydrogens is 1020 g/mol. The molecule has 1 saturated heterocycles. The van der Waals surface area contributed by atoms with Crippen LogP contribution in [0, 0.1) is 16.2 Å². The number of amides is 2. The number of nitrogens with zero attached hydrogens (tertiary/aromatic N) is 4. The molecule has 3 rings (SSSR count). The highest BCUT2D eigenvalue weighted by Crippen LogP contribution is 2.61. The van der Waals surface area contributed by atoms with Crippen LogP contribution < -0.4 is 16.4 Å². The van der Waals surface area contributed by atoms with Gasteiger partial charge in [0.2, 0.25) is 11.8 Å². The lowest BCUT2D eigenvalue weighted by atomic mass is 9.87. The molecule has 1 aliphatic rings. The van der Waals surface area contributed by atoms with E-state index in [0.29, 0.717) is 31.4 Å². The topological polar surface area (TPSA) is 421 Å². The van der Waals surface area contributed by atoms with Gasteiger partial charge in [0.15, 0.2) is 22.8 Å². The fraction of sp³-hybridized carbons (Fsp3) is 0.775. The molecule has 27 nitrogen and oxygen atoms in total. The number of hydrogen-bond acceptors (Lipinski definition) is 20. The van der Waals surface area contributed by atoms with Gasteiger partial charge in [-0.2, -0.15) is 4.31 Å². The van der Waals surface area contributed by atoms with Crippen LogP contribution in [0.5, 0.6) is 0 Å². The maximum absolute atomic E-state index is 12.9. The van der Waals surface area contributed by atoms with Crippen LogP contribution in [0.15, 0.2) is 12.7 Å². The summed E-state index contributed by atoms with van der Waals surface area (Å²) >= 11 is 1.09. The molecule has 2 aromatic rings. The van der Waals surface area contributed by atoms with Crippen molar-refractivity contribution in [2.24, 2.45) is 16.2 Å². The predicted molar refractivity (Wildman–Crippen MR) is 254 cm³/mol. The quantitative estimate of drug-likeness (QED) is 0.0361. The minimum Gasteiger partial charge on any atom is -0.481 e. The molecule has 0 saturated carbocycles. The summed E-state index contributed by atoms with van der Waals surface area (Å²) in [5, 5.41) is 46.1. The van der Waals surface area contributed by atoms with Crippen molar-refractivity contribution in [3.05, 3.63) is 12.7 Å². The number of imidazole rings is 1. The summed E-state index contributed by atoms with van der Waals surface area (Å²) in [6.07, 6.45) is 0.0849. The molecule has 2 aromatic heterocycles. The molecule has 3 heterocycles. The van der Waals surface area contributed by atoms with E-state index < -0.39 is 107 Å². The molecule has 2 amide bonds. The number of fused-ring (bicyclic) bond motifs is 1. The van der Waals surface area contributed by atoms with Crippen molar-refractivity contribution in [1.82, 2.24) is 30.2 Å². The fourth-order valence-corrected chi connectivity index (χ4v) is 10.8. The number of carboxylic acids is 1. The number of nitrogens with two attached hydrogens (primary N) is 1. The van der Waals surface area contributed by atoms with Crippen LogP contribution in [0.4, 0.5) is 5.82 Å². The highest BCUT2D eigenvalue weighted by Gasteiger charge is 2.50. The maximum atomic E-state index is 12.9. The van der Waals surface area contributed by atoms with Crippen LogP contribution in [0.3, 0.4) is 0 Å². The molecule has 0 radical (unpaired) electrons. The summed E-state index contributed by atoms with van der Waals surface area (Å²) in [4.78, 5) is 100. The van der Waals surface area contributed by atoms with E-state index in [1.807, 2.05) is 13.8 Å². The van der Waals surface area contributed by atoms with Crippen LogP contribution in [0.1, 0.15) is 118 Å². The molecule has 0 aromatic carbocycles. The van der Waals surface area contributed by atoms with Gasteiger partial charge in [0.25, 0.3) is 0 Å². The molecule has 31 heteroatoms. The van der Waals surface area contributed by atoms with Crippen LogP contribution >= 0.6 is 35.2 Å². The number of aliphatic carboxylic acids is 1. The number of nitrogens with one attached hydrogen (secondary N) is 2. The van der Waals surface area contributed by atoms with E-state index in [1.54, 1.807) is 13.8 Å². The lowest BCUT2D eigenvalue weighted by Gasteiger charge is -2.30. The molecule has 1 fully saturated rings. The van der Waals surface area contributed by atoms with E-state index in [2.05, 4.69) is 34.4 Å². The number of aromatic nitrogens is 4. The molecule has 406 valence electrons. The van der Waals surface area contributed by atoms with Gasteiger partial charge in [0, 0.05) is 36.1 Å². The van der Waals surface area contributed by atoms with E-state index in [0.717, 1.165) is 67.5 Å². The highest BCUT2D eigenvalue weighted by atomic mass is 32.2. The summed E-state index contributed by atoms with van der Waals surface area (Å²) in [7, 11) is -16.5. The van der Waals surface area contributed by atoms with Gasteiger partial charge in [-0.15, -0.1) is 0 Å². The number of carbonyl (C=O) groups excluding carboxylic acids is 3. The summed E-state index contributed by atoms with van der Waals surface area (Å²) in [5.74, 6) is -2.01. The average molecular weight is 1090 g/mol. The van der Waals surface area contributed by atoms with Crippen molar-refractivity contribution in [3.8, 4) is 0 Å². The number of nitrogen functional groups attached to an aromatic ring is 1. The second kappa shape index (κ2) is 27.0. The van der Waals surface area contributed by atoms with Crippen molar-refractivity contribution >= 4 is 75.1 Å². The smallest absolute Gasteiger partial charge is 0.481 e. The number of thioether (sulfide) groups is 1. The van der Waals surface area contributed by atoms with Crippen molar-refractivity contribution in [2.45, 2.75) is 149 Å². The highest BCUT2D eigenvalue weighted by molar-refractivity contribution is 8.13. The maximum Gasteiger partial charge on any atom is 0.481 e. The van der Waals surface area contributed by atoms with E-state index in [4.69, 9.17) is 19.5 Å². The van der Waals surface area contributed by atoms with Gasteiger partial charge >= 0.3 is 29.4 Å². The van der Waals surface area contributed by atoms with Crippen LogP contribution in [-0.4, -0.2) is 145 Å². The van der Waals surface area contributed by atoms with Crippen LogP contribution in [-0.2, 0) is 55.5 Å². The first-order valence-corrected chi connectivity index (χ1v) is 28.3. The van der Waals surface area contributed by atoms with Gasteiger partial charge in [-0.05, 0) is 39.5 Å². The lowest BCUT2D eigenvalue weighted by molar-refractivity contribution is -0.147. The SMILES string of the molecule is CC(C)(CCCCCC(O)CCCCCC(C)(C)C(=O)SCCNC(=O)CCNC(=O)C(O)C(C)(C)COP(=O)(O)OP(=O)(O)OC[C@H]1O[C@@H](n2cnc3c(N)ncnc32)[C@H](O)[C@@H]1OP(=O)(O)O)C(=O)O. The number of anilines is 1. The Bertz CT molecular complexity index is 2250. The van der Waals surface area contributed by atoms with Gasteiger partial charge in [0.05, 0.1) is 31.1 Å². The number of ether oxygens (including phenoxy) is 1. The van der Waals surface area contributed by atoms with Gasteiger partial charge in [0.1, 0.15) is 36.3 Å². The second-order valence-electron chi connectivity index (χ2n) is 19.1. The number of phosphoric acid groups is 3.